The van der Waals surface area contributed by atoms with Gasteiger partial charge in [0.15, 0.2) is 0 Å². The minimum Gasteiger partial charge on any atom is -0.454 e. The molecular formula is C15H20O4. The van der Waals surface area contributed by atoms with Crippen LogP contribution in [0.1, 0.15) is 26.7 Å². The van der Waals surface area contributed by atoms with Crippen LogP contribution in [0.25, 0.3) is 0 Å². The topological polar surface area (TPSA) is 66.8 Å². The van der Waals surface area contributed by atoms with Gasteiger partial charge in [0, 0.05) is 5.57 Å². The maximum atomic E-state index is 11.6. The lowest BCUT2D eigenvalue weighted by molar-refractivity contribution is -0.137. The summed E-state index contributed by atoms with van der Waals surface area (Å²) in [5, 5.41) is 20.2. The molecule has 4 nitrogen and oxygen atoms in total. The Morgan fingerprint density at radius 3 is 2.53 bits per heavy atom. The fourth-order valence-corrected chi connectivity index (χ4v) is 2.79. The van der Waals surface area contributed by atoms with Gasteiger partial charge in [-0.3, -0.25) is 0 Å². The Bertz CT molecular complexity index is 461. The predicted molar refractivity (Wildman–Crippen MR) is 71.3 cm³/mol. The Kier molecular flexibility index (Phi) is 3.92. The van der Waals surface area contributed by atoms with Crippen molar-refractivity contribution in [3.63, 3.8) is 0 Å². The molecule has 2 aliphatic rings. The molecule has 0 spiro atoms. The highest BCUT2D eigenvalue weighted by atomic mass is 16.6. The van der Waals surface area contributed by atoms with E-state index in [-0.39, 0.29) is 0 Å². The van der Waals surface area contributed by atoms with Gasteiger partial charge in [-0.1, -0.05) is 23.8 Å². The molecule has 0 amide bonds. The van der Waals surface area contributed by atoms with Crippen LogP contribution in [0.15, 0.2) is 35.5 Å². The summed E-state index contributed by atoms with van der Waals surface area (Å²) in [6, 6.07) is 0. The molecule has 0 aromatic heterocycles. The van der Waals surface area contributed by atoms with Crippen LogP contribution < -0.4 is 0 Å². The molecule has 0 aromatic rings. The van der Waals surface area contributed by atoms with E-state index in [2.05, 4.69) is 6.58 Å². The zero-order chi connectivity index (χ0) is 14.2. The van der Waals surface area contributed by atoms with Crippen LogP contribution in [0.5, 0.6) is 0 Å². The summed E-state index contributed by atoms with van der Waals surface area (Å²) in [6.07, 6.45) is 2.69. The van der Waals surface area contributed by atoms with Crippen molar-refractivity contribution in [1.82, 2.24) is 0 Å². The van der Waals surface area contributed by atoms with Crippen LogP contribution in [0.4, 0.5) is 0 Å². The lowest BCUT2D eigenvalue weighted by Crippen LogP contribution is -2.29. The number of fused-ring (bicyclic) bond motifs is 1. The first-order chi connectivity index (χ1) is 8.88. The molecule has 0 bridgehead atoms. The lowest BCUT2D eigenvalue weighted by atomic mass is 9.85. The van der Waals surface area contributed by atoms with Gasteiger partial charge in [-0.15, -0.1) is 0 Å². The third kappa shape index (κ3) is 2.96. The zero-order valence-electron chi connectivity index (χ0n) is 11.3. The number of aliphatic hydroxyl groups is 2. The first-order valence-corrected chi connectivity index (χ1v) is 6.49. The number of hydrogen-bond acceptors (Lipinski definition) is 4. The van der Waals surface area contributed by atoms with E-state index < -0.39 is 30.2 Å². The van der Waals surface area contributed by atoms with Gasteiger partial charge in [-0.25, -0.2) is 4.79 Å². The van der Waals surface area contributed by atoms with E-state index in [0.717, 1.165) is 11.1 Å². The van der Waals surface area contributed by atoms with Crippen LogP contribution in [-0.4, -0.2) is 34.5 Å². The van der Waals surface area contributed by atoms with Gasteiger partial charge in [-0.05, 0) is 32.8 Å². The number of ether oxygens (including phenoxy) is 1. The minimum atomic E-state index is -0.727. The van der Waals surface area contributed by atoms with Crippen molar-refractivity contribution in [2.45, 2.75) is 45.0 Å². The molecule has 4 atom stereocenters. The Labute approximate surface area is 113 Å². The van der Waals surface area contributed by atoms with E-state index in [1.165, 1.54) is 0 Å². The SMILES string of the molecule is C=C1C(=O)O[C@@H]2/C=C(\C)CC(O)/C=C(\C)C[C@@H](O)[C@@H]12. The van der Waals surface area contributed by atoms with E-state index in [4.69, 9.17) is 4.74 Å². The van der Waals surface area contributed by atoms with Crippen molar-refractivity contribution in [2.24, 2.45) is 5.92 Å². The molecule has 19 heavy (non-hydrogen) atoms. The summed E-state index contributed by atoms with van der Waals surface area (Å²) in [6.45, 7) is 7.47. The fraction of sp³-hybridized carbons (Fsp3) is 0.533. The normalized spacial score (nSPS) is 41.7. The van der Waals surface area contributed by atoms with Gasteiger partial charge < -0.3 is 14.9 Å². The number of carbonyl (C=O) groups is 1. The summed E-state index contributed by atoms with van der Waals surface area (Å²) in [5.74, 6) is -0.847. The van der Waals surface area contributed by atoms with E-state index in [1.807, 2.05) is 19.9 Å². The van der Waals surface area contributed by atoms with Crippen molar-refractivity contribution < 1.29 is 19.7 Å². The second kappa shape index (κ2) is 5.31. The zero-order valence-corrected chi connectivity index (χ0v) is 11.3. The molecule has 1 fully saturated rings. The van der Waals surface area contributed by atoms with E-state index in [0.29, 0.717) is 18.4 Å². The number of rotatable bonds is 0. The predicted octanol–water partition coefficient (Wildman–Crippen LogP) is 1.49. The molecule has 0 saturated carbocycles. The smallest absolute Gasteiger partial charge is 0.334 e. The molecule has 1 heterocycles. The van der Waals surface area contributed by atoms with E-state index in [9.17, 15) is 15.0 Å². The summed E-state index contributed by atoms with van der Waals surface area (Å²) in [4.78, 5) is 11.6. The van der Waals surface area contributed by atoms with Gasteiger partial charge >= 0.3 is 5.97 Å². The van der Waals surface area contributed by atoms with Crippen molar-refractivity contribution >= 4 is 5.97 Å². The van der Waals surface area contributed by atoms with E-state index in [1.54, 1.807) is 6.08 Å². The molecule has 0 aromatic carbocycles. The lowest BCUT2D eigenvalue weighted by Gasteiger charge is -2.23. The number of aliphatic hydroxyl groups excluding tert-OH is 2. The van der Waals surface area contributed by atoms with Crippen molar-refractivity contribution in [3.05, 3.63) is 35.5 Å². The Morgan fingerprint density at radius 2 is 1.84 bits per heavy atom. The summed E-state index contributed by atoms with van der Waals surface area (Å²) >= 11 is 0. The minimum absolute atomic E-state index is 0.329. The standard InChI is InChI=1S/C15H20O4/c1-8-4-11(16)5-9(2)7-13-14(12(17)6-8)10(3)15(18)19-13/h4,7,11-14,16-17H,3,5-6H2,1-2H3/b8-4+,9-7+/t11?,12-,13-,14-/m1/s1. The van der Waals surface area contributed by atoms with Crippen LogP contribution in [0, 0.1) is 5.92 Å². The maximum Gasteiger partial charge on any atom is 0.334 e. The second-order valence-electron chi connectivity index (χ2n) is 5.49. The first-order valence-electron chi connectivity index (χ1n) is 6.49. The van der Waals surface area contributed by atoms with Gasteiger partial charge in [0.1, 0.15) is 6.10 Å². The van der Waals surface area contributed by atoms with Crippen LogP contribution in [0.2, 0.25) is 0 Å². The summed E-state index contributed by atoms with van der Waals surface area (Å²) in [7, 11) is 0. The molecule has 1 unspecified atom stereocenters. The number of hydrogen-bond donors (Lipinski definition) is 2. The molecule has 1 aliphatic heterocycles. The highest BCUT2D eigenvalue weighted by Crippen LogP contribution is 2.34. The highest BCUT2D eigenvalue weighted by molar-refractivity contribution is 5.91. The summed E-state index contributed by atoms with van der Waals surface area (Å²) < 4.78 is 5.24. The van der Waals surface area contributed by atoms with Gasteiger partial charge in [0.25, 0.3) is 0 Å². The van der Waals surface area contributed by atoms with Crippen molar-refractivity contribution in [3.8, 4) is 0 Å². The Balaban J connectivity index is 2.36. The van der Waals surface area contributed by atoms with Gasteiger partial charge in [0.2, 0.25) is 0 Å². The fourth-order valence-electron chi connectivity index (χ4n) is 2.79. The quantitative estimate of drug-likeness (QED) is 0.395. The molecule has 4 heteroatoms. The molecule has 0 radical (unpaired) electrons. The summed E-state index contributed by atoms with van der Waals surface area (Å²) in [5.41, 5.74) is 2.17. The average Bonchev–Trinajstić information content (AvgIpc) is 2.52. The molecule has 104 valence electrons. The first kappa shape index (κ1) is 14.0. The van der Waals surface area contributed by atoms with Gasteiger partial charge in [0.05, 0.1) is 18.1 Å². The van der Waals surface area contributed by atoms with Crippen molar-refractivity contribution in [1.29, 1.82) is 0 Å². The molecule has 2 rings (SSSR count). The molecular weight excluding hydrogens is 244 g/mol. The number of esters is 1. The van der Waals surface area contributed by atoms with Crippen LogP contribution >= 0.6 is 0 Å². The molecule has 2 N–H and O–H groups in total. The third-order valence-corrected chi connectivity index (χ3v) is 3.66. The van der Waals surface area contributed by atoms with Crippen molar-refractivity contribution in [2.75, 3.05) is 0 Å². The Hall–Kier alpha value is -1.39. The largest absolute Gasteiger partial charge is 0.454 e. The van der Waals surface area contributed by atoms with Crippen LogP contribution in [0.3, 0.4) is 0 Å². The Morgan fingerprint density at radius 1 is 1.21 bits per heavy atom. The number of carbonyl (C=O) groups excluding carboxylic acids is 1. The molecule has 1 aliphatic carbocycles. The molecule has 1 saturated heterocycles. The average molecular weight is 264 g/mol. The third-order valence-electron chi connectivity index (χ3n) is 3.66. The van der Waals surface area contributed by atoms with Crippen LogP contribution in [-0.2, 0) is 9.53 Å². The second-order valence-corrected chi connectivity index (χ2v) is 5.49. The van der Waals surface area contributed by atoms with E-state index >= 15 is 0 Å². The monoisotopic (exact) mass is 264 g/mol. The van der Waals surface area contributed by atoms with Gasteiger partial charge in [-0.2, -0.15) is 0 Å². The highest BCUT2D eigenvalue weighted by Gasteiger charge is 2.42. The maximum absolute atomic E-state index is 11.6.